The Kier molecular flexibility index (Phi) is 5.04. The van der Waals surface area contributed by atoms with E-state index in [-0.39, 0.29) is 11.4 Å². The Labute approximate surface area is 127 Å². The zero-order chi connectivity index (χ0) is 15.5. The summed E-state index contributed by atoms with van der Waals surface area (Å²) >= 11 is 0. The quantitative estimate of drug-likeness (QED) is 0.926. The molecule has 5 nitrogen and oxygen atoms in total. The van der Waals surface area contributed by atoms with Gasteiger partial charge in [-0.25, -0.2) is 0 Å². The number of nitrogens with zero attached hydrogens (tertiary/aromatic N) is 3. The molecule has 1 amide bonds. The molecule has 2 heterocycles. The van der Waals surface area contributed by atoms with Crippen LogP contribution in [0.25, 0.3) is 0 Å². The largest absolute Gasteiger partial charge is 0.351 e. The van der Waals surface area contributed by atoms with Gasteiger partial charge in [0.1, 0.15) is 0 Å². The Hall–Kier alpha value is -1.36. The fraction of sp³-hybridized carbons (Fsp3) is 0.750. The number of carbonyl (C=O) groups excluding carboxylic acids is 1. The maximum absolute atomic E-state index is 12.1. The molecule has 1 aromatic rings. The predicted molar refractivity (Wildman–Crippen MR) is 84.4 cm³/mol. The van der Waals surface area contributed by atoms with Crippen molar-refractivity contribution >= 4 is 5.91 Å². The highest BCUT2D eigenvalue weighted by atomic mass is 16.1. The second-order valence-corrected chi connectivity index (χ2v) is 6.98. The highest BCUT2D eigenvalue weighted by Gasteiger charge is 2.19. The van der Waals surface area contributed by atoms with Crippen LogP contribution in [0.15, 0.2) is 12.4 Å². The van der Waals surface area contributed by atoms with Crippen molar-refractivity contribution in [1.29, 1.82) is 0 Å². The Morgan fingerprint density at radius 3 is 2.81 bits per heavy atom. The summed E-state index contributed by atoms with van der Waals surface area (Å²) in [5.41, 5.74) is 0.540. The van der Waals surface area contributed by atoms with Crippen LogP contribution in [0.1, 0.15) is 57.3 Å². The number of amides is 1. The maximum atomic E-state index is 12.1. The van der Waals surface area contributed by atoms with Gasteiger partial charge >= 0.3 is 0 Å². The van der Waals surface area contributed by atoms with Crippen LogP contribution in [0, 0.1) is 0 Å². The van der Waals surface area contributed by atoms with Gasteiger partial charge in [-0.1, -0.05) is 6.42 Å². The SMILES string of the molecule is C[C@@H]1CCCCN1CCNC(=O)c1cnn(C(C)(C)C)c1. The van der Waals surface area contributed by atoms with Gasteiger partial charge in [0.05, 0.1) is 17.3 Å². The second-order valence-electron chi connectivity index (χ2n) is 6.98. The minimum atomic E-state index is -0.0955. The van der Waals surface area contributed by atoms with Gasteiger partial charge in [-0.05, 0) is 47.1 Å². The predicted octanol–water partition coefficient (Wildman–Crippen LogP) is 2.24. The summed E-state index contributed by atoms with van der Waals surface area (Å²) in [6.45, 7) is 11.3. The van der Waals surface area contributed by atoms with Crippen LogP contribution in [0.3, 0.4) is 0 Å². The lowest BCUT2D eigenvalue weighted by molar-refractivity contribution is 0.0938. The van der Waals surface area contributed by atoms with Crippen molar-refractivity contribution in [3.63, 3.8) is 0 Å². The van der Waals surface area contributed by atoms with Gasteiger partial charge in [-0.2, -0.15) is 5.10 Å². The molecule has 1 fully saturated rings. The lowest BCUT2D eigenvalue weighted by atomic mass is 10.0. The van der Waals surface area contributed by atoms with Crippen LogP contribution >= 0.6 is 0 Å². The normalized spacial score (nSPS) is 20.5. The summed E-state index contributed by atoms with van der Waals surface area (Å²) in [4.78, 5) is 14.6. The minimum Gasteiger partial charge on any atom is -0.351 e. The van der Waals surface area contributed by atoms with E-state index in [1.807, 2.05) is 10.9 Å². The molecule has 0 saturated carbocycles. The van der Waals surface area contributed by atoms with E-state index >= 15 is 0 Å². The van der Waals surface area contributed by atoms with Crippen LogP contribution in [-0.2, 0) is 5.54 Å². The third kappa shape index (κ3) is 4.30. The van der Waals surface area contributed by atoms with Crippen molar-refractivity contribution in [2.45, 2.75) is 58.5 Å². The summed E-state index contributed by atoms with van der Waals surface area (Å²) < 4.78 is 1.83. The van der Waals surface area contributed by atoms with Crippen LogP contribution in [0.5, 0.6) is 0 Å². The molecule has 2 rings (SSSR count). The Balaban J connectivity index is 1.80. The lowest BCUT2D eigenvalue weighted by Gasteiger charge is -2.33. The Morgan fingerprint density at radius 2 is 2.19 bits per heavy atom. The monoisotopic (exact) mass is 292 g/mol. The lowest BCUT2D eigenvalue weighted by Crippen LogP contribution is -2.42. The molecular formula is C16H28N4O. The third-order valence-corrected chi connectivity index (χ3v) is 4.16. The average molecular weight is 292 g/mol. The Morgan fingerprint density at radius 1 is 1.43 bits per heavy atom. The molecule has 0 aliphatic carbocycles. The van der Waals surface area contributed by atoms with Gasteiger partial charge in [0.25, 0.3) is 5.91 Å². The summed E-state index contributed by atoms with van der Waals surface area (Å²) in [6.07, 6.45) is 7.34. The smallest absolute Gasteiger partial charge is 0.254 e. The van der Waals surface area contributed by atoms with Gasteiger partial charge in [-0.15, -0.1) is 0 Å². The molecule has 1 aromatic heterocycles. The molecular weight excluding hydrogens is 264 g/mol. The fourth-order valence-electron chi connectivity index (χ4n) is 2.71. The number of likely N-dealkylation sites (tertiary alicyclic amines) is 1. The van der Waals surface area contributed by atoms with E-state index in [1.165, 1.54) is 19.3 Å². The van der Waals surface area contributed by atoms with E-state index < -0.39 is 0 Å². The number of hydrogen-bond acceptors (Lipinski definition) is 3. The van der Waals surface area contributed by atoms with Crippen LogP contribution < -0.4 is 5.32 Å². The van der Waals surface area contributed by atoms with Crippen LogP contribution in [-0.4, -0.2) is 46.3 Å². The highest BCUT2D eigenvalue weighted by molar-refractivity contribution is 5.93. The van der Waals surface area contributed by atoms with E-state index in [0.29, 0.717) is 18.2 Å². The first kappa shape index (κ1) is 16.0. The number of carbonyl (C=O) groups is 1. The number of nitrogens with one attached hydrogen (secondary N) is 1. The van der Waals surface area contributed by atoms with Gasteiger partial charge in [-0.3, -0.25) is 14.4 Å². The first-order chi connectivity index (χ1) is 9.88. The molecule has 5 heteroatoms. The van der Waals surface area contributed by atoms with E-state index in [0.717, 1.165) is 13.1 Å². The van der Waals surface area contributed by atoms with Crippen molar-refractivity contribution in [1.82, 2.24) is 20.0 Å². The molecule has 0 radical (unpaired) electrons. The zero-order valence-corrected chi connectivity index (χ0v) is 13.7. The maximum Gasteiger partial charge on any atom is 0.254 e. The van der Waals surface area contributed by atoms with Gasteiger partial charge < -0.3 is 5.32 Å². The van der Waals surface area contributed by atoms with Crippen LogP contribution in [0.4, 0.5) is 0 Å². The molecule has 0 spiro atoms. The molecule has 1 atom stereocenters. The average Bonchev–Trinajstić information content (AvgIpc) is 2.90. The standard InChI is InChI=1S/C16H28N4O/c1-13-7-5-6-9-19(13)10-8-17-15(21)14-11-18-20(12-14)16(2,3)4/h11-13H,5-10H2,1-4H3,(H,17,21)/t13-/m1/s1. The minimum absolute atomic E-state index is 0.0323. The topological polar surface area (TPSA) is 50.2 Å². The summed E-state index contributed by atoms with van der Waals surface area (Å²) in [5, 5.41) is 7.26. The van der Waals surface area contributed by atoms with Crippen molar-refractivity contribution in [3.8, 4) is 0 Å². The molecule has 1 N–H and O–H groups in total. The molecule has 1 aliphatic heterocycles. The van der Waals surface area contributed by atoms with Gasteiger partial charge in [0.2, 0.25) is 0 Å². The van der Waals surface area contributed by atoms with Crippen molar-refractivity contribution < 1.29 is 4.79 Å². The molecule has 0 aromatic carbocycles. The third-order valence-electron chi connectivity index (χ3n) is 4.16. The number of rotatable bonds is 4. The molecule has 0 unspecified atom stereocenters. The van der Waals surface area contributed by atoms with Crippen LogP contribution in [0.2, 0.25) is 0 Å². The Bertz CT molecular complexity index is 475. The highest BCUT2D eigenvalue weighted by Crippen LogP contribution is 2.15. The van der Waals surface area contributed by atoms with E-state index in [2.05, 4.69) is 43.0 Å². The van der Waals surface area contributed by atoms with Crippen molar-refractivity contribution in [3.05, 3.63) is 18.0 Å². The molecule has 1 aliphatic rings. The van der Waals surface area contributed by atoms with Gasteiger partial charge in [0.15, 0.2) is 0 Å². The zero-order valence-electron chi connectivity index (χ0n) is 13.7. The second kappa shape index (κ2) is 6.60. The molecule has 118 valence electrons. The fourth-order valence-corrected chi connectivity index (χ4v) is 2.71. The molecule has 0 bridgehead atoms. The number of aromatic nitrogens is 2. The van der Waals surface area contributed by atoms with E-state index in [1.54, 1.807) is 6.20 Å². The van der Waals surface area contributed by atoms with Crippen molar-refractivity contribution in [2.75, 3.05) is 19.6 Å². The summed E-state index contributed by atoms with van der Waals surface area (Å²) in [7, 11) is 0. The summed E-state index contributed by atoms with van der Waals surface area (Å²) in [5.74, 6) is -0.0323. The first-order valence-electron chi connectivity index (χ1n) is 7.95. The first-order valence-corrected chi connectivity index (χ1v) is 7.95. The van der Waals surface area contributed by atoms with Gasteiger partial charge in [0, 0.05) is 25.3 Å². The van der Waals surface area contributed by atoms with E-state index in [9.17, 15) is 4.79 Å². The molecule has 1 saturated heterocycles. The molecule has 21 heavy (non-hydrogen) atoms. The van der Waals surface area contributed by atoms with E-state index in [4.69, 9.17) is 0 Å². The number of piperidine rings is 1. The van der Waals surface area contributed by atoms with Crippen molar-refractivity contribution in [2.24, 2.45) is 0 Å². The number of hydrogen-bond donors (Lipinski definition) is 1. The summed E-state index contributed by atoms with van der Waals surface area (Å²) in [6, 6.07) is 0.638.